The van der Waals surface area contributed by atoms with Gasteiger partial charge in [-0.05, 0) is 44.2 Å². The summed E-state index contributed by atoms with van der Waals surface area (Å²) in [5, 5.41) is 12.4. The van der Waals surface area contributed by atoms with E-state index in [1.165, 1.54) is 4.57 Å². The molecule has 2 N–H and O–H groups in total. The quantitative estimate of drug-likeness (QED) is 0.459. The van der Waals surface area contributed by atoms with Crippen molar-refractivity contribution in [3.63, 3.8) is 0 Å². The molecule has 2 aliphatic heterocycles. The van der Waals surface area contributed by atoms with Crippen LogP contribution in [0.5, 0.6) is 0 Å². The Bertz CT molecular complexity index is 1260. The number of alkyl halides is 2. The lowest BCUT2D eigenvalue weighted by molar-refractivity contribution is -0.133. The number of carbonyl (C=O) groups excluding carboxylic acids is 1. The van der Waals surface area contributed by atoms with Gasteiger partial charge in [-0.25, -0.2) is 13.8 Å². The SMILES string of the molecule is C[C@H](Nc1nc(N2CCOCC2)cc(-n2c(C(F)F)nc3ccccc32)n1)C(=O)N1CCCC(CCO)C1. The number of rotatable bonds is 8. The standard InChI is InChI=1S/C26H33F2N7O3/c1-17(25(37)34-9-4-5-18(16-34)8-12-36)29-26-31-21(33-10-13-38-14-11-33)15-22(32-26)35-20-7-3-2-6-19(20)30-24(35)23(27)28/h2-3,6-7,15,17-18,23,36H,4-5,8-14,16H2,1H3,(H,29,31,32)/t17-,18?/m0/s1. The molecule has 1 unspecified atom stereocenters. The Labute approximate surface area is 219 Å². The van der Waals surface area contributed by atoms with E-state index in [0.717, 1.165) is 12.8 Å². The van der Waals surface area contributed by atoms with E-state index in [1.54, 1.807) is 37.3 Å². The Morgan fingerprint density at radius 3 is 2.68 bits per heavy atom. The number of piperidine rings is 1. The molecule has 3 aromatic rings. The average Bonchev–Trinajstić information content (AvgIpc) is 3.33. The summed E-state index contributed by atoms with van der Waals surface area (Å²) in [6.45, 7) is 5.35. The van der Waals surface area contributed by atoms with Crippen molar-refractivity contribution < 1.29 is 23.4 Å². The maximum atomic E-state index is 14.1. The van der Waals surface area contributed by atoms with Crippen LogP contribution in [0.4, 0.5) is 20.5 Å². The van der Waals surface area contributed by atoms with Crippen molar-refractivity contribution in [1.82, 2.24) is 24.4 Å². The number of hydrogen-bond acceptors (Lipinski definition) is 8. The first-order valence-corrected chi connectivity index (χ1v) is 13.1. The molecule has 2 atom stereocenters. The number of hydrogen-bond donors (Lipinski definition) is 2. The highest BCUT2D eigenvalue weighted by Crippen LogP contribution is 2.29. The minimum Gasteiger partial charge on any atom is -0.396 e. The number of anilines is 2. The number of ether oxygens (including phenoxy) is 1. The third-order valence-corrected chi connectivity index (χ3v) is 7.13. The number of imidazole rings is 1. The summed E-state index contributed by atoms with van der Waals surface area (Å²) in [5.74, 6) is 0.756. The van der Waals surface area contributed by atoms with Gasteiger partial charge in [-0.2, -0.15) is 9.97 Å². The summed E-state index contributed by atoms with van der Waals surface area (Å²) >= 11 is 0. The number of para-hydroxylation sites is 2. The molecule has 204 valence electrons. The fourth-order valence-corrected chi connectivity index (χ4v) is 5.20. The molecule has 1 amide bonds. The number of benzene rings is 1. The molecule has 0 bridgehead atoms. The second-order valence-electron chi connectivity index (χ2n) is 9.77. The van der Waals surface area contributed by atoms with Crippen LogP contribution < -0.4 is 10.2 Å². The van der Waals surface area contributed by atoms with Crippen LogP contribution in [0.25, 0.3) is 16.9 Å². The van der Waals surface area contributed by atoms with Crippen LogP contribution in [0, 0.1) is 5.92 Å². The van der Waals surface area contributed by atoms with Gasteiger partial charge in [-0.3, -0.25) is 9.36 Å². The van der Waals surface area contributed by atoms with Gasteiger partial charge in [-0.15, -0.1) is 0 Å². The van der Waals surface area contributed by atoms with Gasteiger partial charge in [0.25, 0.3) is 6.43 Å². The van der Waals surface area contributed by atoms with Crippen LogP contribution in [-0.2, 0) is 9.53 Å². The van der Waals surface area contributed by atoms with E-state index >= 15 is 0 Å². The summed E-state index contributed by atoms with van der Waals surface area (Å²) in [6.07, 6.45) is -0.260. The number of aromatic nitrogens is 4. The van der Waals surface area contributed by atoms with E-state index in [-0.39, 0.29) is 30.2 Å². The van der Waals surface area contributed by atoms with E-state index in [2.05, 4.69) is 20.3 Å². The van der Waals surface area contributed by atoms with Gasteiger partial charge in [0.1, 0.15) is 17.7 Å². The van der Waals surface area contributed by atoms with Crippen LogP contribution in [0.3, 0.4) is 0 Å². The number of nitrogens with one attached hydrogen (secondary N) is 1. The molecule has 4 heterocycles. The molecule has 0 aliphatic carbocycles. The summed E-state index contributed by atoms with van der Waals surface area (Å²) in [7, 11) is 0. The van der Waals surface area contributed by atoms with Crippen molar-refractivity contribution in [3.8, 4) is 5.82 Å². The molecule has 38 heavy (non-hydrogen) atoms. The predicted octanol–water partition coefficient (Wildman–Crippen LogP) is 3.01. The monoisotopic (exact) mass is 529 g/mol. The number of nitrogens with zero attached hydrogens (tertiary/aromatic N) is 6. The third-order valence-electron chi connectivity index (χ3n) is 7.13. The first-order chi connectivity index (χ1) is 18.4. The van der Waals surface area contributed by atoms with Crippen LogP contribution in [-0.4, -0.2) is 87.5 Å². The highest BCUT2D eigenvalue weighted by Gasteiger charge is 2.28. The second kappa shape index (κ2) is 11.6. The Balaban J connectivity index is 1.48. The zero-order valence-electron chi connectivity index (χ0n) is 21.4. The van der Waals surface area contributed by atoms with Gasteiger partial charge in [0.2, 0.25) is 11.9 Å². The lowest BCUT2D eigenvalue weighted by atomic mass is 9.95. The normalized spacial score (nSPS) is 19.2. The van der Waals surface area contributed by atoms with E-state index in [0.29, 0.717) is 62.7 Å². The zero-order valence-corrected chi connectivity index (χ0v) is 21.4. The Morgan fingerprint density at radius 1 is 1.16 bits per heavy atom. The van der Waals surface area contributed by atoms with Crippen molar-refractivity contribution in [1.29, 1.82) is 0 Å². The molecule has 2 saturated heterocycles. The molecule has 2 aromatic heterocycles. The number of morpholine rings is 1. The van der Waals surface area contributed by atoms with E-state index < -0.39 is 18.3 Å². The Morgan fingerprint density at radius 2 is 1.92 bits per heavy atom. The average molecular weight is 530 g/mol. The summed E-state index contributed by atoms with van der Waals surface area (Å²) in [4.78, 5) is 30.5. The van der Waals surface area contributed by atoms with E-state index in [4.69, 9.17) is 4.74 Å². The molecule has 2 fully saturated rings. The van der Waals surface area contributed by atoms with Crippen LogP contribution >= 0.6 is 0 Å². The lowest BCUT2D eigenvalue weighted by Gasteiger charge is -2.34. The number of aliphatic hydroxyl groups excluding tert-OH is 1. The van der Waals surface area contributed by atoms with Crippen molar-refractivity contribution in [2.75, 3.05) is 56.2 Å². The number of carbonyl (C=O) groups is 1. The van der Waals surface area contributed by atoms with E-state index in [1.807, 2.05) is 9.80 Å². The Kier molecular flexibility index (Phi) is 7.98. The van der Waals surface area contributed by atoms with Crippen molar-refractivity contribution in [2.24, 2.45) is 5.92 Å². The van der Waals surface area contributed by atoms with Gasteiger partial charge < -0.3 is 25.0 Å². The maximum absolute atomic E-state index is 14.1. The van der Waals surface area contributed by atoms with Gasteiger partial charge >= 0.3 is 0 Å². The smallest absolute Gasteiger partial charge is 0.296 e. The topological polar surface area (TPSA) is 109 Å². The highest BCUT2D eigenvalue weighted by atomic mass is 19.3. The highest BCUT2D eigenvalue weighted by molar-refractivity contribution is 5.84. The second-order valence-corrected chi connectivity index (χ2v) is 9.77. The maximum Gasteiger partial charge on any atom is 0.296 e. The molecule has 12 heteroatoms. The molecule has 5 rings (SSSR count). The van der Waals surface area contributed by atoms with Gasteiger partial charge in [0.15, 0.2) is 5.82 Å². The number of halogens is 2. The molecule has 1 aromatic carbocycles. The Hall–Kier alpha value is -3.38. The largest absolute Gasteiger partial charge is 0.396 e. The van der Waals surface area contributed by atoms with E-state index in [9.17, 15) is 18.7 Å². The first kappa shape index (κ1) is 26.2. The molecule has 2 aliphatic rings. The first-order valence-electron chi connectivity index (χ1n) is 13.1. The molecule has 10 nitrogen and oxygen atoms in total. The molecule has 0 spiro atoms. The zero-order chi connectivity index (χ0) is 26.6. The van der Waals surface area contributed by atoms with Crippen molar-refractivity contribution >= 4 is 28.7 Å². The minimum atomic E-state index is -2.81. The van der Waals surface area contributed by atoms with Crippen molar-refractivity contribution in [3.05, 3.63) is 36.2 Å². The number of likely N-dealkylation sites (tertiary alicyclic amines) is 1. The fourth-order valence-electron chi connectivity index (χ4n) is 5.20. The number of amides is 1. The third kappa shape index (κ3) is 5.56. The minimum absolute atomic E-state index is 0.0871. The number of fused-ring (bicyclic) bond motifs is 1. The summed E-state index contributed by atoms with van der Waals surface area (Å²) in [6, 6.07) is 7.97. The molecule has 0 radical (unpaired) electrons. The van der Waals surface area contributed by atoms with Gasteiger partial charge in [-0.1, -0.05) is 12.1 Å². The number of aliphatic hydroxyl groups is 1. The summed E-state index contributed by atoms with van der Waals surface area (Å²) in [5.41, 5.74) is 0.947. The van der Waals surface area contributed by atoms with Gasteiger partial charge in [0.05, 0.1) is 24.2 Å². The predicted molar refractivity (Wildman–Crippen MR) is 139 cm³/mol. The van der Waals surface area contributed by atoms with Crippen LogP contribution in [0.15, 0.2) is 30.3 Å². The molecule has 0 saturated carbocycles. The van der Waals surface area contributed by atoms with Gasteiger partial charge in [0, 0.05) is 38.9 Å². The molecular formula is C26H33F2N7O3. The summed E-state index contributed by atoms with van der Waals surface area (Å²) < 4.78 is 35.0. The fraction of sp³-hybridized carbons (Fsp3) is 0.538. The van der Waals surface area contributed by atoms with Crippen LogP contribution in [0.1, 0.15) is 38.4 Å². The van der Waals surface area contributed by atoms with Crippen LogP contribution in [0.2, 0.25) is 0 Å². The molecular weight excluding hydrogens is 496 g/mol. The lowest BCUT2D eigenvalue weighted by Crippen LogP contribution is -2.46. The van der Waals surface area contributed by atoms with Crippen molar-refractivity contribution in [2.45, 2.75) is 38.7 Å².